The minimum absolute atomic E-state index is 0.118. The molecule has 0 spiro atoms. The number of nitrogens with one attached hydrogen (secondary N) is 2. The SMILES string of the molecule is Cc1c(NC(=O)C(C)Sc2nnc(NC(=O)CC(C)C)s2)c(=O)n(-c2ccccc2)n1C. The molecule has 3 aromatic rings. The van der Waals surface area contributed by atoms with Gasteiger partial charge in [-0.05, 0) is 31.9 Å². The Morgan fingerprint density at radius 3 is 2.47 bits per heavy atom. The molecule has 32 heavy (non-hydrogen) atoms. The first kappa shape index (κ1) is 23.7. The zero-order valence-corrected chi connectivity index (χ0v) is 20.2. The monoisotopic (exact) mass is 474 g/mol. The molecule has 11 heteroatoms. The number of rotatable bonds is 8. The first-order chi connectivity index (χ1) is 15.2. The summed E-state index contributed by atoms with van der Waals surface area (Å²) in [5.41, 5.74) is 1.31. The molecule has 0 radical (unpaired) electrons. The predicted octanol–water partition coefficient (Wildman–Crippen LogP) is 3.44. The number of aromatic nitrogens is 4. The topological polar surface area (TPSA) is 111 Å². The van der Waals surface area contributed by atoms with Crippen molar-refractivity contribution in [1.82, 2.24) is 19.6 Å². The number of hydrogen-bond donors (Lipinski definition) is 2. The van der Waals surface area contributed by atoms with Crippen molar-refractivity contribution in [3.63, 3.8) is 0 Å². The average Bonchev–Trinajstić information content (AvgIpc) is 3.25. The van der Waals surface area contributed by atoms with Crippen LogP contribution >= 0.6 is 23.1 Å². The summed E-state index contributed by atoms with van der Waals surface area (Å²) in [6, 6.07) is 9.24. The van der Waals surface area contributed by atoms with Crippen molar-refractivity contribution in [2.75, 3.05) is 10.6 Å². The van der Waals surface area contributed by atoms with Gasteiger partial charge in [0.25, 0.3) is 5.56 Å². The van der Waals surface area contributed by atoms with Gasteiger partial charge in [-0.25, -0.2) is 4.68 Å². The summed E-state index contributed by atoms with van der Waals surface area (Å²) in [5.74, 6) is -0.192. The number of nitrogens with zero attached hydrogens (tertiary/aromatic N) is 4. The molecule has 3 rings (SSSR count). The molecule has 2 amide bonds. The van der Waals surface area contributed by atoms with Crippen molar-refractivity contribution in [1.29, 1.82) is 0 Å². The van der Waals surface area contributed by atoms with E-state index in [-0.39, 0.29) is 29.0 Å². The predicted molar refractivity (Wildman–Crippen MR) is 128 cm³/mol. The zero-order valence-electron chi connectivity index (χ0n) is 18.6. The van der Waals surface area contributed by atoms with Crippen molar-refractivity contribution in [2.45, 2.75) is 43.7 Å². The fraction of sp³-hybridized carbons (Fsp3) is 0.381. The quantitative estimate of drug-likeness (QED) is 0.382. The Morgan fingerprint density at radius 2 is 1.81 bits per heavy atom. The van der Waals surface area contributed by atoms with Crippen molar-refractivity contribution in [3.8, 4) is 5.69 Å². The van der Waals surface area contributed by atoms with E-state index in [0.29, 0.717) is 27.3 Å². The van der Waals surface area contributed by atoms with Gasteiger partial charge < -0.3 is 10.6 Å². The first-order valence-corrected chi connectivity index (χ1v) is 11.8. The largest absolute Gasteiger partial charge is 0.319 e. The summed E-state index contributed by atoms with van der Waals surface area (Å²) in [6.07, 6.45) is 0.401. The number of amides is 2. The second-order valence-corrected chi connectivity index (χ2v) is 10.3. The van der Waals surface area contributed by atoms with E-state index in [1.54, 1.807) is 25.6 Å². The lowest BCUT2D eigenvalue weighted by Crippen LogP contribution is -2.27. The van der Waals surface area contributed by atoms with Gasteiger partial charge in [0.1, 0.15) is 5.69 Å². The van der Waals surface area contributed by atoms with Gasteiger partial charge in [0.05, 0.1) is 16.6 Å². The normalized spacial score (nSPS) is 12.1. The first-order valence-electron chi connectivity index (χ1n) is 10.1. The number of hydrogen-bond acceptors (Lipinski definition) is 7. The molecule has 2 heterocycles. The lowest BCUT2D eigenvalue weighted by molar-refractivity contribution is -0.117. The van der Waals surface area contributed by atoms with E-state index in [4.69, 9.17) is 0 Å². The second kappa shape index (κ2) is 10.1. The van der Waals surface area contributed by atoms with E-state index in [0.717, 1.165) is 0 Å². The van der Waals surface area contributed by atoms with E-state index in [1.807, 2.05) is 44.2 Å². The molecule has 1 unspecified atom stereocenters. The molecule has 0 fully saturated rings. The van der Waals surface area contributed by atoms with Gasteiger partial charge >= 0.3 is 0 Å². The van der Waals surface area contributed by atoms with Crippen LogP contribution in [0.3, 0.4) is 0 Å². The van der Waals surface area contributed by atoms with Crippen molar-refractivity contribution >= 4 is 45.7 Å². The molecule has 0 aliphatic heterocycles. The maximum atomic E-state index is 13.0. The summed E-state index contributed by atoms with van der Waals surface area (Å²) in [6.45, 7) is 7.44. The number of benzene rings is 1. The van der Waals surface area contributed by atoms with Crippen LogP contribution in [0, 0.1) is 12.8 Å². The van der Waals surface area contributed by atoms with Crippen LogP contribution < -0.4 is 16.2 Å². The third-order valence-corrected chi connectivity index (χ3v) is 6.72. The minimum Gasteiger partial charge on any atom is -0.319 e. The Morgan fingerprint density at radius 1 is 1.12 bits per heavy atom. The molecule has 2 N–H and O–H groups in total. The van der Waals surface area contributed by atoms with Gasteiger partial charge in [0, 0.05) is 13.5 Å². The smallest absolute Gasteiger partial charge is 0.295 e. The van der Waals surface area contributed by atoms with E-state index >= 15 is 0 Å². The highest BCUT2D eigenvalue weighted by atomic mass is 32.2. The van der Waals surface area contributed by atoms with E-state index in [2.05, 4.69) is 20.8 Å². The lowest BCUT2D eigenvalue weighted by atomic mass is 10.1. The third kappa shape index (κ3) is 5.46. The molecule has 0 saturated heterocycles. The van der Waals surface area contributed by atoms with Gasteiger partial charge in [-0.3, -0.25) is 19.1 Å². The molecule has 170 valence electrons. The van der Waals surface area contributed by atoms with Crippen LogP contribution in [0.2, 0.25) is 0 Å². The molecule has 0 aliphatic carbocycles. The second-order valence-electron chi connectivity index (χ2n) is 7.71. The maximum Gasteiger partial charge on any atom is 0.295 e. The molecule has 1 atom stereocenters. The van der Waals surface area contributed by atoms with Crippen LogP contribution in [0.25, 0.3) is 5.69 Å². The van der Waals surface area contributed by atoms with E-state index < -0.39 is 5.25 Å². The maximum absolute atomic E-state index is 13.0. The van der Waals surface area contributed by atoms with Gasteiger partial charge in [-0.1, -0.05) is 55.1 Å². The Labute approximate surface area is 194 Å². The van der Waals surface area contributed by atoms with Gasteiger partial charge in [0.2, 0.25) is 16.9 Å². The van der Waals surface area contributed by atoms with Crippen molar-refractivity contribution in [2.24, 2.45) is 13.0 Å². The number of thioether (sulfide) groups is 1. The Bertz CT molecular complexity index is 1170. The van der Waals surface area contributed by atoms with Crippen LogP contribution in [-0.4, -0.2) is 36.6 Å². The fourth-order valence-corrected chi connectivity index (χ4v) is 4.90. The van der Waals surface area contributed by atoms with E-state index in [9.17, 15) is 14.4 Å². The zero-order chi connectivity index (χ0) is 23.4. The highest BCUT2D eigenvalue weighted by molar-refractivity contribution is 8.02. The summed E-state index contributed by atoms with van der Waals surface area (Å²) in [7, 11) is 1.77. The minimum atomic E-state index is -0.522. The highest BCUT2D eigenvalue weighted by Gasteiger charge is 2.23. The van der Waals surface area contributed by atoms with E-state index in [1.165, 1.54) is 27.8 Å². The Hall–Kier alpha value is -2.92. The van der Waals surface area contributed by atoms with Crippen LogP contribution in [-0.2, 0) is 16.6 Å². The number of para-hydroxylation sites is 1. The summed E-state index contributed by atoms with van der Waals surface area (Å²) in [5, 5.41) is 13.4. The van der Waals surface area contributed by atoms with Gasteiger partial charge in [-0.15, -0.1) is 10.2 Å². The molecular formula is C21H26N6O3S2. The van der Waals surface area contributed by atoms with Crippen LogP contribution in [0.15, 0.2) is 39.5 Å². The average molecular weight is 475 g/mol. The molecule has 9 nitrogen and oxygen atoms in total. The van der Waals surface area contributed by atoms with Crippen LogP contribution in [0.5, 0.6) is 0 Å². The summed E-state index contributed by atoms with van der Waals surface area (Å²) >= 11 is 2.43. The van der Waals surface area contributed by atoms with Crippen molar-refractivity contribution in [3.05, 3.63) is 46.4 Å². The lowest BCUT2D eigenvalue weighted by Gasteiger charge is -2.09. The molecule has 0 saturated carbocycles. The van der Waals surface area contributed by atoms with Crippen LogP contribution in [0.4, 0.5) is 10.8 Å². The third-order valence-electron chi connectivity index (χ3n) is 4.70. The summed E-state index contributed by atoms with van der Waals surface area (Å²) < 4.78 is 3.78. The van der Waals surface area contributed by atoms with Crippen LogP contribution in [0.1, 0.15) is 32.9 Å². The Kier molecular flexibility index (Phi) is 7.52. The molecular weight excluding hydrogens is 448 g/mol. The van der Waals surface area contributed by atoms with Crippen molar-refractivity contribution < 1.29 is 9.59 Å². The molecule has 0 bridgehead atoms. The standard InChI is InChI=1S/C21H26N6O3S2/c1-12(2)11-16(28)22-20-24-25-21(32-20)31-14(4)18(29)23-17-13(3)26(5)27(19(17)30)15-9-7-6-8-10-15/h6-10,12,14H,11H2,1-5H3,(H,23,29)(H,22,24,28). The number of carbonyl (C=O) groups excluding carboxylic acids is 2. The molecule has 1 aromatic carbocycles. The number of carbonyl (C=O) groups is 2. The van der Waals surface area contributed by atoms with Gasteiger partial charge in [-0.2, -0.15) is 0 Å². The molecule has 2 aromatic heterocycles. The van der Waals surface area contributed by atoms with Gasteiger partial charge in [0.15, 0.2) is 4.34 Å². The highest BCUT2D eigenvalue weighted by Crippen LogP contribution is 2.29. The number of anilines is 2. The Balaban J connectivity index is 1.68. The summed E-state index contributed by atoms with van der Waals surface area (Å²) in [4.78, 5) is 37.6. The fourth-order valence-electron chi connectivity index (χ4n) is 2.99. The molecule has 0 aliphatic rings.